The van der Waals surface area contributed by atoms with E-state index < -0.39 is 0 Å². The first-order chi connectivity index (χ1) is 17.2. The second-order valence-electron chi connectivity index (χ2n) is 10.4. The Morgan fingerprint density at radius 1 is 1.06 bits per heavy atom. The van der Waals surface area contributed by atoms with Crippen molar-refractivity contribution < 1.29 is 14.3 Å². The molecule has 1 aromatic heterocycles. The molecule has 1 aliphatic heterocycles. The lowest BCUT2D eigenvalue weighted by Gasteiger charge is -2.38. The highest BCUT2D eigenvalue weighted by atomic mass is 16.5. The van der Waals surface area contributed by atoms with Crippen molar-refractivity contribution in [3.63, 3.8) is 0 Å². The number of esters is 1. The van der Waals surface area contributed by atoms with Crippen LogP contribution in [0.2, 0.25) is 0 Å². The van der Waals surface area contributed by atoms with E-state index in [1.807, 2.05) is 47.1 Å². The van der Waals surface area contributed by atoms with Gasteiger partial charge < -0.3 is 10.1 Å². The highest BCUT2D eigenvalue weighted by molar-refractivity contribution is 6.01. The number of carbonyl (C=O) groups is 2. The van der Waals surface area contributed by atoms with Gasteiger partial charge >= 0.3 is 5.97 Å². The highest BCUT2D eigenvalue weighted by Crippen LogP contribution is 2.42. The zero-order chi connectivity index (χ0) is 25.9. The van der Waals surface area contributed by atoms with E-state index >= 15 is 0 Å². The lowest BCUT2D eigenvalue weighted by Crippen LogP contribution is -2.38. The first-order valence-electron chi connectivity index (χ1n) is 13.0. The summed E-state index contributed by atoms with van der Waals surface area (Å²) in [5.41, 5.74) is 2.38. The van der Waals surface area contributed by atoms with Gasteiger partial charge in [0.2, 0.25) is 0 Å². The van der Waals surface area contributed by atoms with E-state index in [1.54, 1.807) is 13.1 Å². The van der Waals surface area contributed by atoms with E-state index in [4.69, 9.17) is 4.74 Å². The molecule has 0 bridgehead atoms. The Kier molecular flexibility index (Phi) is 7.34. The summed E-state index contributed by atoms with van der Waals surface area (Å²) in [6.07, 6.45) is 4.95. The van der Waals surface area contributed by atoms with Crippen molar-refractivity contribution in [2.75, 3.05) is 5.32 Å². The van der Waals surface area contributed by atoms with Crippen LogP contribution >= 0.6 is 0 Å². The van der Waals surface area contributed by atoms with Gasteiger partial charge in [-0.2, -0.15) is 5.10 Å². The minimum Gasteiger partial charge on any atom is -0.427 e. The van der Waals surface area contributed by atoms with Gasteiger partial charge in [-0.3, -0.25) is 9.59 Å². The van der Waals surface area contributed by atoms with Crippen molar-refractivity contribution in [1.29, 1.82) is 0 Å². The predicted molar refractivity (Wildman–Crippen MR) is 143 cm³/mol. The monoisotopic (exact) mass is 487 g/mol. The number of aromatic nitrogens is 2. The van der Waals surface area contributed by atoms with Gasteiger partial charge in [0.25, 0.3) is 0 Å². The van der Waals surface area contributed by atoms with Gasteiger partial charge in [-0.1, -0.05) is 63.2 Å². The number of benzene rings is 2. The number of nitrogens with one attached hydrogen (secondary N) is 1. The van der Waals surface area contributed by atoms with Gasteiger partial charge in [0, 0.05) is 18.3 Å². The molecular formula is C30H37N3O3. The molecule has 0 radical (unpaired) electrons. The summed E-state index contributed by atoms with van der Waals surface area (Å²) in [6, 6.07) is 18.1. The molecule has 0 amide bonds. The van der Waals surface area contributed by atoms with Crippen LogP contribution in [0.25, 0.3) is 0 Å². The van der Waals surface area contributed by atoms with Gasteiger partial charge in [0.15, 0.2) is 5.78 Å². The molecule has 1 unspecified atom stereocenters. The van der Waals surface area contributed by atoms with E-state index in [2.05, 4.69) is 50.2 Å². The average Bonchev–Trinajstić information content (AvgIpc) is 3.33. The standard InChI is InChI=1S/C30H37N3O3/c1-6-27(35)36-23-16-14-22(15-17-23)30(7-2,8-3)19-26(34)24-20-31-33-28(24)32-25(18-29(33,4)5)21-12-10-9-11-13-21/h9-17,20,25,32H,6-8,18-19H2,1-5H3. The van der Waals surface area contributed by atoms with Crippen LogP contribution < -0.4 is 10.1 Å². The first kappa shape index (κ1) is 25.7. The van der Waals surface area contributed by atoms with Crippen LogP contribution in [0, 0.1) is 0 Å². The molecule has 6 heteroatoms. The average molecular weight is 488 g/mol. The lowest BCUT2D eigenvalue weighted by atomic mass is 9.71. The number of ether oxygens (including phenoxy) is 1. The molecule has 0 aliphatic carbocycles. The number of carbonyl (C=O) groups excluding carboxylic acids is 2. The Morgan fingerprint density at radius 2 is 1.72 bits per heavy atom. The number of ketones is 1. The number of hydrogen-bond acceptors (Lipinski definition) is 5. The maximum absolute atomic E-state index is 13.8. The van der Waals surface area contributed by atoms with E-state index in [0.29, 0.717) is 24.2 Å². The highest BCUT2D eigenvalue weighted by Gasteiger charge is 2.38. The quantitative estimate of drug-likeness (QED) is 0.204. The molecular weight excluding hydrogens is 450 g/mol. The summed E-state index contributed by atoms with van der Waals surface area (Å²) in [5.74, 6) is 1.15. The molecule has 0 fully saturated rings. The van der Waals surface area contributed by atoms with Gasteiger partial charge in [-0.05, 0) is 56.4 Å². The van der Waals surface area contributed by atoms with E-state index in [0.717, 1.165) is 30.6 Å². The second kappa shape index (κ2) is 10.3. The molecule has 36 heavy (non-hydrogen) atoms. The Hall–Kier alpha value is -3.41. The normalized spacial score (nSPS) is 16.6. The van der Waals surface area contributed by atoms with Crippen LogP contribution in [-0.2, 0) is 15.7 Å². The van der Waals surface area contributed by atoms with Crippen LogP contribution in [0.4, 0.5) is 5.82 Å². The number of Topliss-reactive ketones (excluding diaryl/α,β-unsaturated/α-hetero) is 1. The van der Waals surface area contributed by atoms with Crippen molar-refractivity contribution in [3.05, 3.63) is 77.5 Å². The summed E-state index contributed by atoms with van der Waals surface area (Å²) in [5, 5.41) is 8.27. The Bertz CT molecular complexity index is 1210. The Balaban J connectivity index is 1.61. The van der Waals surface area contributed by atoms with Crippen molar-refractivity contribution in [2.45, 2.75) is 83.7 Å². The van der Waals surface area contributed by atoms with Gasteiger partial charge in [-0.15, -0.1) is 0 Å². The minimum atomic E-state index is -0.317. The molecule has 3 aromatic rings. The predicted octanol–water partition coefficient (Wildman–Crippen LogP) is 6.82. The largest absolute Gasteiger partial charge is 0.427 e. The maximum Gasteiger partial charge on any atom is 0.310 e. The topological polar surface area (TPSA) is 73.2 Å². The third-order valence-electron chi connectivity index (χ3n) is 7.70. The zero-order valence-corrected chi connectivity index (χ0v) is 22.0. The molecule has 1 N–H and O–H groups in total. The minimum absolute atomic E-state index is 0.0819. The molecule has 6 nitrogen and oxygen atoms in total. The fourth-order valence-electron chi connectivity index (χ4n) is 5.33. The molecule has 0 saturated heterocycles. The second-order valence-corrected chi connectivity index (χ2v) is 10.4. The molecule has 4 rings (SSSR count). The number of hydrogen-bond donors (Lipinski definition) is 1. The first-order valence-corrected chi connectivity index (χ1v) is 13.0. The smallest absolute Gasteiger partial charge is 0.310 e. The molecule has 2 heterocycles. The third kappa shape index (κ3) is 4.95. The Morgan fingerprint density at radius 3 is 2.33 bits per heavy atom. The fourth-order valence-corrected chi connectivity index (χ4v) is 5.33. The molecule has 1 aliphatic rings. The fraction of sp³-hybridized carbons (Fsp3) is 0.433. The van der Waals surface area contributed by atoms with Crippen LogP contribution in [0.5, 0.6) is 5.75 Å². The number of fused-ring (bicyclic) bond motifs is 1. The number of anilines is 1. The summed E-state index contributed by atoms with van der Waals surface area (Å²) in [6.45, 7) is 10.4. The summed E-state index contributed by atoms with van der Waals surface area (Å²) in [7, 11) is 0. The van der Waals surface area contributed by atoms with Crippen molar-refractivity contribution in [2.24, 2.45) is 0 Å². The molecule has 0 saturated carbocycles. The molecule has 0 spiro atoms. The Labute approximate surface area is 214 Å². The SMILES string of the molecule is CCC(=O)Oc1ccc(C(CC)(CC)CC(=O)c2cnn3c2NC(c2ccccc2)CC3(C)C)cc1. The van der Waals surface area contributed by atoms with Crippen molar-refractivity contribution in [1.82, 2.24) is 9.78 Å². The summed E-state index contributed by atoms with van der Waals surface area (Å²) >= 11 is 0. The van der Waals surface area contributed by atoms with Gasteiger partial charge in [0.05, 0.1) is 23.3 Å². The summed E-state index contributed by atoms with van der Waals surface area (Å²) in [4.78, 5) is 25.5. The maximum atomic E-state index is 13.8. The van der Waals surface area contributed by atoms with Crippen molar-refractivity contribution in [3.8, 4) is 5.75 Å². The number of rotatable bonds is 9. The van der Waals surface area contributed by atoms with Crippen LogP contribution in [0.1, 0.15) is 94.2 Å². The molecule has 1 atom stereocenters. The summed E-state index contributed by atoms with van der Waals surface area (Å²) < 4.78 is 7.31. The van der Waals surface area contributed by atoms with Crippen molar-refractivity contribution >= 4 is 17.6 Å². The van der Waals surface area contributed by atoms with Crippen LogP contribution in [-0.4, -0.2) is 21.5 Å². The lowest BCUT2D eigenvalue weighted by molar-refractivity contribution is -0.134. The van der Waals surface area contributed by atoms with Crippen LogP contribution in [0.15, 0.2) is 60.8 Å². The molecule has 2 aromatic carbocycles. The third-order valence-corrected chi connectivity index (χ3v) is 7.70. The van der Waals surface area contributed by atoms with E-state index in [-0.39, 0.29) is 28.7 Å². The van der Waals surface area contributed by atoms with E-state index in [9.17, 15) is 9.59 Å². The van der Waals surface area contributed by atoms with Gasteiger partial charge in [-0.25, -0.2) is 4.68 Å². The van der Waals surface area contributed by atoms with E-state index in [1.165, 1.54) is 5.56 Å². The molecule has 190 valence electrons. The van der Waals surface area contributed by atoms with Gasteiger partial charge in [0.1, 0.15) is 11.6 Å². The number of nitrogens with zero attached hydrogens (tertiary/aromatic N) is 2. The van der Waals surface area contributed by atoms with Crippen LogP contribution in [0.3, 0.4) is 0 Å². The zero-order valence-electron chi connectivity index (χ0n) is 22.0.